The predicted molar refractivity (Wildman–Crippen MR) is 123 cm³/mol. The number of hydrogen-bond acceptors (Lipinski definition) is 6. The third kappa shape index (κ3) is 7.65. The Labute approximate surface area is 207 Å². The first-order valence-corrected chi connectivity index (χ1v) is 12.4. The summed E-state index contributed by atoms with van der Waals surface area (Å²) in [5.41, 5.74) is 1.05. The maximum Gasteiger partial charge on any atom is 0.422 e. The van der Waals surface area contributed by atoms with Gasteiger partial charge < -0.3 is 19.5 Å². The number of pyridine rings is 1. The number of hydrogen-bond donors (Lipinski definition) is 1. The first kappa shape index (κ1) is 26.4. The van der Waals surface area contributed by atoms with Crippen molar-refractivity contribution in [2.75, 3.05) is 26.2 Å². The van der Waals surface area contributed by atoms with E-state index in [1.165, 1.54) is 6.07 Å². The van der Waals surface area contributed by atoms with Gasteiger partial charge in [0, 0.05) is 49.9 Å². The average Bonchev–Trinajstić information content (AvgIpc) is 3.11. The summed E-state index contributed by atoms with van der Waals surface area (Å²) in [6.45, 7) is 2.41. The smallest absolute Gasteiger partial charge is 0.422 e. The van der Waals surface area contributed by atoms with E-state index in [2.05, 4.69) is 20.4 Å². The zero-order valence-electron chi connectivity index (χ0n) is 20.4. The topological polar surface area (TPSA) is 80.5 Å². The van der Waals surface area contributed by atoms with Crippen molar-refractivity contribution >= 4 is 5.91 Å². The van der Waals surface area contributed by atoms with Gasteiger partial charge in [0.05, 0.1) is 12.1 Å². The van der Waals surface area contributed by atoms with Gasteiger partial charge in [-0.05, 0) is 51.0 Å². The molecule has 2 aromatic heterocycles. The van der Waals surface area contributed by atoms with Crippen molar-refractivity contribution in [1.29, 1.82) is 0 Å². The number of aryl methyl sites for hydroxylation is 1. The molecule has 0 saturated heterocycles. The third-order valence-corrected chi connectivity index (χ3v) is 6.93. The Morgan fingerprint density at radius 3 is 2.69 bits per heavy atom. The molecule has 36 heavy (non-hydrogen) atoms. The van der Waals surface area contributed by atoms with Crippen molar-refractivity contribution in [3.63, 3.8) is 0 Å². The largest absolute Gasteiger partial charge is 0.468 e. The van der Waals surface area contributed by atoms with Crippen LogP contribution >= 0.6 is 0 Å². The number of halogens is 4. The zero-order chi connectivity index (χ0) is 25.8. The molecule has 11 heteroatoms. The van der Waals surface area contributed by atoms with Gasteiger partial charge in [0.2, 0.25) is 11.8 Å². The lowest BCUT2D eigenvalue weighted by Gasteiger charge is -2.35. The van der Waals surface area contributed by atoms with Gasteiger partial charge in [0.15, 0.2) is 6.61 Å². The van der Waals surface area contributed by atoms with Crippen LogP contribution in [0.1, 0.15) is 54.8 Å². The fourth-order valence-corrected chi connectivity index (χ4v) is 4.90. The summed E-state index contributed by atoms with van der Waals surface area (Å²) >= 11 is 0. The van der Waals surface area contributed by atoms with E-state index in [0.717, 1.165) is 17.8 Å². The number of nitrogens with one attached hydrogen (secondary N) is 1. The Balaban J connectivity index is 1.19. The number of nitrogens with zero attached hydrogens (tertiary/aromatic N) is 3. The van der Waals surface area contributed by atoms with Gasteiger partial charge in [-0.3, -0.25) is 4.79 Å². The lowest BCUT2D eigenvalue weighted by molar-refractivity contribution is -0.154. The number of aromatic nitrogens is 2. The van der Waals surface area contributed by atoms with E-state index in [1.807, 2.05) is 0 Å². The zero-order valence-corrected chi connectivity index (χ0v) is 20.4. The Kier molecular flexibility index (Phi) is 8.17. The van der Waals surface area contributed by atoms with Crippen LogP contribution in [0.25, 0.3) is 0 Å². The molecule has 1 saturated carbocycles. The molecule has 1 aliphatic carbocycles. The molecule has 3 heterocycles. The molecule has 0 radical (unpaired) electrons. The van der Waals surface area contributed by atoms with Crippen molar-refractivity contribution < 1.29 is 31.6 Å². The monoisotopic (exact) mass is 512 g/mol. The fraction of sp³-hybridized carbons (Fsp3) is 0.640. The summed E-state index contributed by atoms with van der Waals surface area (Å²) in [4.78, 5) is 18.7. The molecule has 7 nitrogen and oxygen atoms in total. The van der Waals surface area contributed by atoms with Gasteiger partial charge >= 0.3 is 6.18 Å². The summed E-state index contributed by atoms with van der Waals surface area (Å²) < 4.78 is 62.5. The number of amides is 1. The minimum Gasteiger partial charge on any atom is -0.468 e. The Hall–Kier alpha value is -2.69. The molecule has 0 bridgehead atoms. The summed E-state index contributed by atoms with van der Waals surface area (Å²) in [7, 11) is 0. The Morgan fingerprint density at radius 2 is 2.00 bits per heavy atom. The first-order valence-electron chi connectivity index (χ1n) is 12.4. The quantitative estimate of drug-likeness (QED) is 0.536. The molecule has 0 unspecified atom stereocenters. The van der Waals surface area contributed by atoms with Crippen LogP contribution in [0.4, 0.5) is 17.6 Å². The third-order valence-electron chi connectivity index (χ3n) is 6.93. The summed E-state index contributed by atoms with van der Waals surface area (Å²) in [6, 6.07) is 4.93. The van der Waals surface area contributed by atoms with E-state index >= 15 is 4.39 Å². The standard InChI is InChI=1S/C25H32F4N4O3/c1-17-14-20(32-36-17)15-22(34)30-19-4-8-24(26,9-5-19)10-13-33-11-6-18-2-3-23(31-21(18)7-12-33)35-16-25(27,28)29/h2-3,14,19H,4-13,15-16H2,1H3,(H,30,34)/t19-,24+. The first-order chi connectivity index (χ1) is 17.1. The van der Waals surface area contributed by atoms with E-state index in [1.54, 1.807) is 19.1 Å². The number of ether oxygens (including phenoxy) is 1. The highest BCUT2D eigenvalue weighted by atomic mass is 19.4. The van der Waals surface area contributed by atoms with Crippen molar-refractivity contribution in [2.45, 2.75) is 76.2 Å². The van der Waals surface area contributed by atoms with E-state index in [0.29, 0.717) is 69.5 Å². The van der Waals surface area contributed by atoms with Crippen molar-refractivity contribution in [1.82, 2.24) is 20.4 Å². The minimum atomic E-state index is -4.41. The molecule has 1 fully saturated rings. The second kappa shape index (κ2) is 11.1. The molecular formula is C25H32F4N4O3. The fourth-order valence-electron chi connectivity index (χ4n) is 4.90. The highest BCUT2D eigenvalue weighted by molar-refractivity contribution is 5.78. The average molecular weight is 513 g/mol. The van der Waals surface area contributed by atoms with Gasteiger partial charge in [0.25, 0.3) is 0 Å². The van der Waals surface area contributed by atoms with Gasteiger partial charge in [-0.15, -0.1) is 0 Å². The molecule has 1 N–H and O–H groups in total. The van der Waals surface area contributed by atoms with Gasteiger partial charge in [0.1, 0.15) is 11.4 Å². The van der Waals surface area contributed by atoms with Crippen molar-refractivity contribution in [3.05, 3.63) is 40.9 Å². The molecule has 0 aromatic carbocycles. The van der Waals surface area contributed by atoms with Crippen LogP contribution in [-0.4, -0.2) is 65.1 Å². The number of carbonyl (C=O) groups is 1. The maximum atomic E-state index is 15.5. The second-order valence-electron chi connectivity index (χ2n) is 9.85. The van der Waals surface area contributed by atoms with Crippen LogP contribution < -0.4 is 10.1 Å². The van der Waals surface area contributed by atoms with Crippen LogP contribution in [0.15, 0.2) is 22.7 Å². The molecule has 198 valence electrons. The van der Waals surface area contributed by atoms with E-state index in [4.69, 9.17) is 9.26 Å². The molecule has 0 atom stereocenters. The van der Waals surface area contributed by atoms with Gasteiger partial charge in [-0.1, -0.05) is 11.2 Å². The number of rotatable bonds is 8. The summed E-state index contributed by atoms with van der Waals surface area (Å²) in [5, 5.41) is 6.81. The normalized spacial score (nSPS) is 23.1. The molecule has 2 aromatic rings. The lowest BCUT2D eigenvalue weighted by Crippen LogP contribution is -2.43. The van der Waals surface area contributed by atoms with Gasteiger partial charge in [-0.2, -0.15) is 13.2 Å². The highest BCUT2D eigenvalue weighted by Gasteiger charge is 2.36. The van der Waals surface area contributed by atoms with Crippen LogP contribution in [0.2, 0.25) is 0 Å². The SMILES string of the molecule is Cc1cc(CC(=O)N[C@H]2CC[C@](F)(CCN3CCc4ccc(OCC(F)(F)F)nc4CC3)CC2)no1. The Bertz CT molecular complexity index is 1030. The summed E-state index contributed by atoms with van der Waals surface area (Å²) in [5.74, 6) is 0.494. The molecule has 1 amide bonds. The second-order valence-corrected chi connectivity index (χ2v) is 9.85. The van der Waals surface area contributed by atoms with E-state index < -0.39 is 18.5 Å². The van der Waals surface area contributed by atoms with Crippen LogP contribution in [0.5, 0.6) is 5.88 Å². The number of alkyl halides is 4. The van der Waals surface area contributed by atoms with Crippen LogP contribution in [-0.2, 0) is 24.1 Å². The summed E-state index contributed by atoms with van der Waals surface area (Å²) in [6.07, 6.45) is -0.571. The predicted octanol–water partition coefficient (Wildman–Crippen LogP) is 4.12. The lowest BCUT2D eigenvalue weighted by atomic mass is 9.81. The molecule has 1 aliphatic heterocycles. The van der Waals surface area contributed by atoms with E-state index in [9.17, 15) is 18.0 Å². The minimum absolute atomic E-state index is 0.0257. The van der Waals surface area contributed by atoms with Crippen molar-refractivity contribution in [3.8, 4) is 5.88 Å². The van der Waals surface area contributed by atoms with Gasteiger partial charge in [-0.25, -0.2) is 9.37 Å². The maximum absolute atomic E-state index is 15.5. The van der Waals surface area contributed by atoms with Crippen LogP contribution in [0, 0.1) is 6.92 Å². The molecular weight excluding hydrogens is 480 g/mol. The Morgan fingerprint density at radius 1 is 1.25 bits per heavy atom. The molecule has 0 spiro atoms. The molecule has 2 aliphatic rings. The van der Waals surface area contributed by atoms with Crippen molar-refractivity contribution in [2.24, 2.45) is 0 Å². The van der Waals surface area contributed by atoms with Crippen LogP contribution in [0.3, 0.4) is 0 Å². The highest BCUT2D eigenvalue weighted by Crippen LogP contribution is 2.35. The molecule has 4 rings (SSSR count). The number of fused-ring (bicyclic) bond motifs is 1. The number of carbonyl (C=O) groups excluding carboxylic acids is 1. The van der Waals surface area contributed by atoms with E-state index in [-0.39, 0.29) is 24.2 Å².